The van der Waals surface area contributed by atoms with Gasteiger partial charge in [0.25, 0.3) is 0 Å². The molecule has 0 atom stereocenters. The first-order valence-corrected chi connectivity index (χ1v) is 9.78. The lowest BCUT2D eigenvalue weighted by Crippen LogP contribution is -2.18. The largest absolute Gasteiger partial charge is 0.325 e. The third-order valence-corrected chi connectivity index (χ3v) is 5.23. The summed E-state index contributed by atoms with van der Waals surface area (Å²) in [5.41, 5.74) is 3.72. The maximum atomic E-state index is 10.8. The van der Waals surface area contributed by atoms with Gasteiger partial charge in [-0.05, 0) is 36.0 Å². The number of hydrogen-bond donors (Lipinski definition) is 2. The highest BCUT2D eigenvalue weighted by atomic mass is 31.2. The first kappa shape index (κ1) is 17.9. The van der Waals surface area contributed by atoms with Crippen molar-refractivity contribution < 1.29 is 14.4 Å². The zero-order valence-corrected chi connectivity index (χ0v) is 14.7. The van der Waals surface area contributed by atoms with Gasteiger partial charge < -0.3 is 9.79 Å². The van der Waals surface area contributed by atoms with Crippen LogP contribution in [0.15, 0.2) is 54.6 Å². The van der Waals surface area contributed by atoms with Crippen LogP contribution in [0, 0.1) is 0 Å². The molecular weight excluding hydrogens is 307 g/mol. The van der Waals surface area contributed by atoms with Gasteiger partial charge in [0.05, 0.1) is 0 Å². The van der Waals surface area contributed by atoms with Crippen LogP contribution < -0.4 is 0 Å². The lowest BCUT2D eigenvalue weighted by atomic mass is 9.78. The summed E-state index contributed by atoms with van der Waals surface area (Å²) in [7, 11) is -3.85. The Hall–Kier alpha value is -1.41. The second-order valence-electron chi connectivity index (χ2n) is 6.53. The molecule has 124 valence electrons. The van der Waals surface area contributed by atoms with Gasteiger partial charge in [0.15, 0.2) is 0 Å². The molecule has 0 aromatic heterocycles. The predicted octanol–water partition coefficient (Wildman–Crippen LogP) is 4.51. The molecule has 3 nitrogen and oxygen atoms in total. The zero-order valence-electron chi connectivity index (χ0n) is 13.8. The third-order valence-electron chi connectivity index (χ3n) is 4.34. The summed E-state index contributed by atoms with van der Waals surface area (Å²) in [5, 5.41) is 0. The Morgan fingerprint density at radius 1 is 0.870 bits per heavy atom. The lowest BCUT2D eigenvalue weighted by Gasteiger charge is -2.26. The Bertz CT molecular complexity index is 657. The van der Waals surface area contributed by atoms with Crippen LogP contribution in [0.2, 0.25) is 0 Å². The lowest BCUT2D eigenvalue weighted by molar-refractivity contribution is 0.371. The van der Waals surface area contributed by atoms with Crippen molar-refractivity contribution in [3.05, 3.63) is 71.3 Å². The zero-order chi connectivity index (χ0) is 16.9. The van der Waals surface area contributed by atoms with Crippen LogP contribution >= 0.6 is 7.60 Å². The molecule has 0 bridgehead atoms. The summed E-state index contributed by atoms with van der Waals surface area (Å²) in [4.78, 5) is 17.7. The summed E-state index contributed by atoms with van der Waals surface area (Å²) in [6.07, 6.45) is 2.19. The van der Waals surface area contributed by atoms with Crippen LogP contribution in [0.25, 0.3) is 0 Å². The Morgan fingerprint density at radius 3 is 2.00 bits per heavy atom. The molecule has 2 N–H and O–H groups in total. The molecule has 0 unspecified atom stereocenters. The number of benzene rings is 2. The molecule has 23 heavy (non-hydrogen) atoms. The van der Waals surface area contributed by atoms with E-state index in [0.717, 1.165) is 12.8 Å². The van der Waals surface area contributed by atoms with Gasteiger partial charge in [0, 0.05) is 11.6 Å². The third kappa shape index (κ3) is 5.31. The average molecular weight is 332 g/mol. The van der Waals surface area contributed by atoms with Crippen LogP contribution in [0.5, 0.6) is 0 Å². The second-order valence-corrected chi connectivity index (χ2v) is 8.31. The van der Waals surface area contributed by atoms with Gasteiger partial charge in [-0.25, -0.2) is 0 Å². The molecule has 0 amide bonds. The fraction of sp³-hybridized carbons (Fsp3) is 0.368. The highest BCUT2D eigenvalue weighted by Gasteiger charge is 2.22. The predicted molar refractivity (Wildman–Crippen MR) is 94.9 cm³/mol. The number of aryl methyl sites for hydroxylation is 1. The van der Waals surface area contributed by atoms with Crippen molar-refractivity contribution in [1.29, 1.82) is 0 Å². The van der Waals surface area contributed by atoms with Crippen LogP contribution in [0.1, 0.15) is 43.4 Å². The van der Waals surface area contributed by atoms with E-state index in [1.807, 2.05) is 6.07 Å². The second kappa shape index (κ2) is 7.44. The molecule has 4 heteroatoms. The minimum Gasteiger partial charge on any atom is -0.324 e. The SMILES string of the molecule is CC(C)(c1ccccc1)c1ccc(CCCCP(=O)(O)O)cc1. The standard InChI is InChI=1S/C19H25O3P/c1-19(2,17-9-4-3-5-10-17)18-13-11-16(12-14-18)8-6-7-15-23(20,21)22/h3-5,9-14H,6-8,15H2,1-2H3,(H2,20,21,22). The van der Waals surface area contributed by atoms with Crippen LogP contribution in [-0.2, 0) is 16.4 Å². The molecule has 0 fully saturated rings. The van der Waals surface area contributed by atoms with Crippen molar-refractivity contribution in [2.45, 2.75) is 38.5 Å². The van der Waals surface area contributed by atoms with Gasteiger partial charge in [-0.3, -0.25) is 4.57 Å². The highest BCUT2D eigenvalue weighted by Crippen LogP contribution is 2.35. The minimum absolute atomic E-state index is 0.0217. The molecule has 0 heterocycles. The van der Waals surface area contributed by atoms with E-state index < -0.39 is 7.60 Å². The Labute approximate surface area is 138 Å². The maximum Gasteiger partial charge on any atom is 0.325 e. The molecule has 2 aromatic carbocycles. The van der Waals surface area contributed by atoms with E-state index in [1.54, 1.807) is 0 Å². The summed E-state index contributed by atoms with van der Waals surface area (Å²) in [6.45, 7) is 4.44. The highest BCUT2D eigenvalue weighted by molar-refractivity contribution is 7.51. The fourth-order valence-electron chi connectivity index (χ4n) is 2.76. The van der Waals surface area contributed by atoms with Crippen molar-refractivity contribution in [3.63, 3.8) is 0 Å². The minimum atomic E-state index is -3.85. The first-order valence-electron chi connectivity index (χ1n) is 7.98. The molecule has 0 radical (unpaired) electrons. The summed E-state index contributed by atoms with van der Waals surface area (Å²) < 4.78 is 10.8. The fourth-order valence-corrected chi connectivity index (χ4v) is 3.39. The number of rotatable bonds is 7. The smallest absolute Gasteiger partial charge is 0.324 e. The summed E-state index contributed by atoms with van der Waals surface area (Å²) in [5.74, 6) is 0. The van der Waals surface area contributed by atoms with Crippen molar-refractivity contribution in [2.24, 2.45) is 0 Å². The van der Waals surface area contributed by atoms with E-state index in [-0.39, 0.29) is 11.6 Å². The number of unbranched alkanes of at least 4 members (excludes halogenated alkanes) is 1. The number of hydrogen-bond acceptors (Lipinski definition) is 1. The molecule has 0 spiro atoms. The first-order chi connectivity index (χ1) is 10.8. The summed E-state index contributed by atoms with van der Waals surface area (Å²) >= 11 is 0. The normalized spacial score (nSPS) is 12.3. The van der Waals surface area contributed by atoms with E-state index in [4.69, 9.17) is 9.79 Å². The van der Waals surface area contributed by atoms with Crippen molar-refractivity contribution in [2.75, 3.05) is 6.16 Å². The quantitative estimate of drug-likeness (QED) is 0.579. The van der Waals surface area contributed by atoms with E-state index in [9.17, 15) is 4.57 Å². The monoisotopic (exact) mass is 332 g/mol. The van der Waals surface area contributed by atoms with Crippen molar-refractivity contribution in [1.82, 2.24) is 0 Å². The molecule has 2 aromatic rings. The maximum absolute atomic E-state index is 10.8. The van der Waals surface area contributed by atoms with E-state index in [0.29, 0.717) is 6.42 Å². The topological polar surface area (TPSA) is 57.5 Å². The molecule has 0 saturated carbocycles. The average Bonchev–Trinajstić information content (AvgIpc) is 2.52. The molecule has 0 saturated heterocycles. The molecule has 2 rings (SSSR count). The van der Waals surface area contributed by atoms with Gasteiger partial charge in [0.2, 0.25) is 0 Å². The molecular formula is C19H25O3P. The molecule has 0 aliphatic carbocycles. The van der Waals surface area contributed by atoms with E-state index in [2.05, 4.69) is 62.4 Å². The summed E-state index contributed by atoms with van der Waals surface area (Å²) in [6, 6.07) is 19.0. The van der Waals surface area contributed by atoms with Gasteiger partial charge >= 0.3 is 7.60 Å². The van der Waals surface area contributed by atoms with E-state index in [1.165, 1.54) is 16.7 Å². The van der Waals surface area contributed by atoms with Gasteiger partial charge in [-0.2, -0.15) is 0 Å². The Kier molecular flexibility index (Phi) is 5.80. The molecule has 0 aliphatic heterocycles. The van der Waals surface area contributed by atoms with Crippen LogP contribution in [0.3, 0.4) is 0 Å². The van der Waals surface area contributed by atoms with Gasteiger partial charge in [-0.1, -0.05) is 68.4 Å². The van der Waals surface area contributed by atoms with E-state index >= 15 is 0 Å². The molecule has 0 aliphatic rings. The van der Waals surface area contributed by atoms with Gasteiger partial charge in [0.1, 0.15) is 0 Å². The Morgan fingerprint density at radius 2 is 1.43 bits per heavy atom. The van der Waals surface area contributed by atoms with Crippen LogP contribution in [0.4, 0.5) is 0 Å². The van der Waals surface area contributed by atoms with Crippen LogP contribution in [-0.4, -0.2) is 15.9 Å². The Balaban J connectivity index is 1.98. The van der Waals surface area contributed by atoms with Crippen molar-refractivity contribution in [3.8, 4) is 0 Å². The van der Waals surface area contributed by atoms with Crippen molar-refractivity contribution >= 4 is 7.60 Å². The van der Waals surface area contributed by atoms with Gasteiger partial charge in [-0.15, -0.1) is 0 Å².